The lowest BCUT2D eigenvalue weighted by Gasteiger charge is -2.22. The molecule has 4 aromatic rings. The number of anilines is 1. The minimum absolute atomic E-state index is 0.428. The molecule has 3 aromatic carbocycles. The Balaban J connectivity index is 1.50. The quantitative estimate of drug-likeness (QED) is 0.275. The molecule has 1 aliphatic rings. The zero-order valence-corrected chi connectivity index (χ0v) is 18.7. The number of rotatable bonds is 7. The second-order valence-electron chi connectivity index (χ2n) is 7.35. The van der Waals surface area contributed by atoms with Gasteiger partial charge in [0, 0.05) is 17.0 Å². The van der Waals surface area contributed by atoms with Crippen molar-refractivity contribution in [3.63, 3.8) is 0 Å². The number of nitrogens with zero attached hydrogens (tertiary/aromatic N) is 3. The van der Waals surface area contributed by atoms with Crippen LogP contribution in [0.25, 0.3) is 11.3 Å². The average Bonchev–Trinajstić information content (AvgIpc) is 3.03. The van der Waals surface area contributed by atoms with Crippen molar-refractivity contribution >= 4 is 17.4 Å². The standard InChI is InChI=1S/C26H22N4O2S/c1-2-16-33-26-28-25-23(29-30-26)19-12-6-8-14-21(19)27-24(32-25)20-13-7-9-15-22(20)31-17-18-10-4-3-5-11-18/h2-15,24,27H,1,16-17H2. The molecule has 1 N–H and O–H groups in total. The van der Waals surface area contributed by atoms with Crippen molar-refractivity contribution in [1.82, 2.24) is 15.2 Å². The molecule has 1 unspecified atom stereocenters. The molecule has 1 aliphatic heterocycles. The molecule has 0 fully saturated rings. The van der Waals surface area contributed by atoms with Crippen LogP contribution in [0.1, 0.15) is 17.4 Å². The van der Waals surface area contributed by atoms with E-state index in [1.54, 1.807) is 6.08 Å². The van der Waals surface area contributed by atoms with Gasteiger partial charge in [-0.05, 0) is 23.8 Å². The van der Waals surface area contributed by atoms with Crippen LogP contribution in [0.5, 0.6) is 11.6 Å². The first-order chi connectivity index (χ1) is 16.3. The van der Waals surface area contributed by atoms with E-state index in [1.807, 2.05) is 78.9 Å². The van der Waals surface area contributed by atoms with Crippen molar-refractivity contribution in [3.8, 4) is 22.9 Å². The van der Waals surface area contributed by atoms with Crippen molar-refractivity contribution in [3.05, 3.63) is 103 Å². The molecule has 0 bridgehead atoms. The fourth-order valence-electron chi connectivity index (χ4n) is 3.55. The van der Waals surface area contributed by atoms with E-state index < -0.39 is 6.23 Å². The summed E-state index contributed by atoms with van der Waals surface area (Å²) < 4.78 is 12.6. The lowest BCUT2D eigenvalue weighted by atomic mass is 10.1. The van der Waals surface area contributed by atoms with Crippen molar-refractivity contribution in [2.75, 3.05) is 11.1 Å². The molecule has 0 amide bonds. The number of fused-ring (bicyclic) bond motifs is 3. The Morgan fingerprint density at radius 1 is 0.970 bits per heavy atom. The predicted octanol–water partition coefficient (Wildman–Crippen LogP) is 5.90. The van der Waals surface area contributed by atoms with Gasteiger partial charge in [0.25, 0.3) is 0 Å². The summed E-state index contributed by atoms with van der Waals surface area (Å²) in [4.78, 5) is 4.65. The topological polar surface area (TPSA) is 69.2 Å². The van der Waals surface area contributed by atoms with E-state index in [0.717, 1.165) is 28.1 Å². The highest BCUT2D eigenvalue weighted by Crippen LogP contribution is 2.41. The normalized spacial score (nSPS) is 14.1. The summed E-state index contributed by atoms with van der Waals surface area (Å²) in [5.74, 6) is 1.86. The van der Waals surface area contributed by atoms with Gasteiger partial charge in [-0.25, -0.2) is 0 Å². The van der Waals surface area contributed by atoms with Crippen LogP contribution < -0.4 is 14.8 Å². The summed E-state index contributed by atoms with van der Waals surface area (Å²) in [6, 6.07) is 25.9. The van der Waals surface area contributed by atoms with E-state index in [2.05, 4.69) is 27.1 Å². The lowest BCUT2D eigenvalue weighted by Crippen LogP contribution is -2.18. The summed E-state index contributed by atoms with van der Waals surface area (Å²) in [5, 5.41) is 12.7. The Kier molecular flexibility index (Phi) is 6.21. The van der Waals surface area contributed by atoms with Crippen LogP contribution in [-0.2, 0) is 6.61 Å². The number of aromatic nitrogens is 3. The molecule has 2 heterocycles. The van der Waals surface area contributed by atoms with Gasteiger partial charge in [-0.1, -0.05) is 78.5 Å². The molecule has 5 rings (SSSR count). The van der Waals surface area contributed by atoms with Gasteiger partial charge < -0.3 is 14.8 Å². The molecule has 0 saturated heterocycles. The molecule has 7 heteroatoms. The highest BCUT2D eigenvalue weighted by Gasteiger charge is 2.27. The Morgan fingerprint density at radius 3 is 2.64 bits per heavy atom. The van der Waals surface area contributed by atoms with Crippen molar-refractivity contribution < 1.29 is 9.47 Å². The van der Waals surface area contributed by atoms with E-state index in [-0.39, 0.29) is 0 Å². The SMILES string of the molecule is C=CCSc1nnc2c(n1)OC(c1ccccc1OCc1ccccc1)Nc1ccccc1-2. The van der Waals surface area contributed by atoms with Gasteiger partial charge in [-0.15, -0.1) is 16.8 Å². The van der Waals surface area contributed by atoms with Crippen LogP contribution >= 0.6 is 11.8 Å². The Morgan fingerprint density at radius 2 is 1.76 bits per heavy atom. The first-order valence-electron chi connectivity index (χ1n) is 10.6. The average molecular weight is 455 g/mol. The van der Waals surface area contributed by atoms with Crippen LogP contribution in [0, 0.1) is 0 Å². The highest BCUT2D eigenvalue weighted by molar-refractivity contribution is 7.99. The third-order valence-electron chi connectivity index (χ3n) is 5.10. The van der Waals surface area contributed by atoms with E-state index >= 15 is 0 Å². The Bertz CT molecular complexity index is 1270. The maximum absolute atomic E-state index is 6.39. The van der Waals surface area contributed by atoms with Gasteiger partial charge >= 0.3 is 0 Å². The number of thioether (sulfide) groups is 1. The molecule has 0 spiro atoms. The van der Waals surface area contributed by atoms with Gasteiger partial charge in [0.15, 0.2) is 5.69 Å². The first-order valence-corrected chi connectivity index (χ1v) is 11.6. The number of hydrogen-bond donors (Lipinski definition) is 1. The summed E-state index contributed by atoms with van der Waals surface area (Å²) in [7, 11) is 0. The largest absolute Gasteiger partial charge is 0.488 e. The number of ether oxygens (including phenoxy) is 2. The molecule has 0 saturated carbocycles. The van der Waals surface area contributed by atoms with Crippen LogP contribution in [0.15, 0.2) is 96.7 Å². The van der Waals surface area contributed by atoms with E-state index in [0.29, 0.717) is 29.1 Å². The fraction of sp³-hybridized carbons (Fsp3) is 0.115. The number of benzene rings is 3. The highest BCUT2D eigenvalue weighted by atomic mass is 32.2. The van der Waals surface area contributed by atoms with Gasteiger partial charge in [0.05, 0.1) is 5.56 Å². The Labute approximate surface area is 196 Å². The fourth-order valence-corrected chi connectivity index (χ4v) is 4.06. The zero-order chi connectivity index (χ0) is 22.5. The second kappa shape index (κ2) is 9.75. The van der Waals surface area contributed by atoms with Crippen molar-refractivity contribution in [2.45, 2.75) is 18.0 Å². The van der Waals surface area contributed by atoms with Gasteiger partial charge in [-0.3, -0.25) is 0 Å². The molecule has 1 atom stereocenters. The third-order valence-corrected chi connectivity index (χ3v) is 5.94. The summed E-state index contributed by atoms with van der Waals surface area (Å²) >= 11 is 1.46. The zero-order valence-electron chi connectivity index (χ0n) is 17.8. The molecule has 0 aliphatic carbocycles. The van der Waals surface area contributed by atoms with Gasteiger partial charge in [-0.2, -0.15) is 4.98 Å². The summed E-state index contributed by atoms with van der Waals surface area (Å²) in [6.45, 7) is 4.22. The van der Waals surface area contributed by atoms with Crippen molar-refractivity contribution in [1.29, 1.82) is 0 Å². The number of hydrogen-bond acceptors (Lipinski definition) is 7. The minimum Gasteiger partial charge on any atom is -0.488 e. The van der Waals surface area contributed by atoms with E-state index in [9.17, 15) is 0 Å². The monoisotopic (exact) mass is 454 g/mol. The predicted molar refractivity (Wildman–Crippen MR) is 130 cm³/mol. The van der Waals surface area contributed by atoms with Gasteiger partial charge in [0.2, 0.25) is 17.3 Å². The van der Waals surface area contributed by atoms with Crippen LogP contribution in [0.2, 0.25) is 0 Å². The van der Waals surface area contributed by atoms with Crippen LogP contribution in [-0.4, -0.2) is 20.9 Å². The molecule has 1 aromatic heterocycles. The van der Waals surface area contributed by atoms with Crippen LogP contribution in [0.4, 0.5) is 5.69 Å². The first kappa shape index (κ1) is 21.0. The van der Waals surface area contributed by atoms with Crippen molar-refractivity contribution in [2.24, 2.45) is 0 Å². The molecule has 164 valence electrons. The number of nitrogens with one attached hydrogen (secondary N) is 1. The maximum Gasteiger partial charge on any atom is 0.247 e. The maximum atomic E-state index is 6.39. The lowest BCUT2D eigenvalue weighted by molar-refractivity contribution is 0.214. The summed E-state index contributed by atoms with van der Waals surface area (Å²) in [5.41, 5.74) is 4.35. The van der Waals surface area contributed by atoms with E-state index in [4.69, 9.17) is 9.47 Å². The van der Waals surface area contributed by atoms with E-state index in [1.165, 1.54) is 11.8 Å². The third kappa shape index (κ3) is 4.68. The van der Waals surface area contributed by atoms with Gasteiger partial charge in [0.1, 0.15) is 12.4 Å². The smallest absolute Gasteiger partial charge is 0.247 e. The number of para-hydroxylation sites is 2. The molecule has 6 nitrogen and oxygen atoms in total. The molecule has 33 heavy (non-hydrogen) atoms. The molecular weight excluding hydrogens is 432 g/mol. The molecular formula is C26H22N4O2S. The van der Waals surface area contributed by atoms with Crippen LogP contribution in [0.3, 0.4) is 0 Å². The minimum atomic E-state index is -0.520. The Hall–Kier alpha value is -3.84. The molecule has 0 radical (unpaired) electrons. The second-order valence-corrected chi connectivity index (χ2v) is 8.33. The summed E-state index contributed by atoms with van der Waals surface area (Å²) in [6.07, 6.45) is 1.29.